The van der Waals surface area contributed by atoms with Gasteiger partial charge in [0.05, 0.1) is 0 Å². The lowest BCUT2D eigenvalue weighted by molar-refractivity contribution is 0.698. The third-order valence-corrected chi connectivity index (χ3v) is 3.98. The van der Waals surface area contributed by atoms with Crippen molar-refractivity contribution in [2.45, 2.75) is 26.9 Å². The van der Waals surface area contributed by atoms with Crippen molar-refractivity contribution >= 4 is 16.5 Å². The van der Waals surface area contributed by atoms with Gasteiger partial charge in [0.15, 0.2) is 5.13 Å². The van der Waals surface area contributed by atoms with Crippen LogP contribution in [0.25, 0.3) is 0 Å². The summed E-state index contributed by atoms with van der Waals surface area (Å²) >= 11 is 1.76. The predicted octanol–water partition coefficient (Wildman–Crippen LogP) is 2.67. The second kappa shape index (κ2) is 7.21. The molecule has 102 valence electrons. The highest BCUT2D eigenvalue weighted by Crippen LogP contribution is 2.21. The number of hydrogen-bond donors (Lipinski definition) is 1. The first-order valence-electron chi connectivity index (χ1n) is 6.62. The highest BCUT2D eigenvalue weighted by atomic mass is 32.1. The van der Waals surface area contributed by atoms with Crippen molar-refractivity contribution in [3.63, 3.8) is 0 Å². The van der Waals surface area contributed by atoms with E-state index in [2.05, 4.69) is 40.1 Å². The Balaban J connectivity index is 1.83. The first kappa shape index (κ1) is 14.0. The van der Waals surface area contributed by atoms with Gasteiger partial charge in [-0.3, -0.25) is 4.98 Å². The molecule has 0 fully saturated rings. The molecule has 2 aromatic heterocycles. The van der Waals surface area contributed by atoms with Crippen molar-refractivity contribution in [3.8, 4) is 0 Å². The average Bonchev–Trinajstić information content (AvgIpc) is 2.90. The maximum Gasteiger partial charge on any atom is 0.185 e. The second-order valence-electron chi connectivity index (χ2n) is 4.25. The van der Waals surface area contributed by atoms with Crippen LogP contribution in [0.5, 0.6) is 0 Å². The summed E-state index contributed by atoms with van der Waals surface area (Å²) in [5, 5.41) is 4.53. The van der Waals surface area contributed by atoms with Crippen LogP contribution in [0.3, 0.4) is 0 Å². The molecule has 0 bridgehead atoms. The van der Waals surface area contributed by atoms with E-state index in [1.54, 1.807) is 17.5 Å². The quantitative estimate of drug-likeness (QED) is 0.844. The van der Waals surface area contributed by atoms with Crippen molar-refractivity contribution in [3.05, 3.63) is 41.2 Å². The zero-order chi connectivity index (χ0) is 13.5. The largest absolute Gasteiger partial charge is 0.349 e. The summed E-state index contributed by atoms with van der Waals surface area (Å²) in [5.41, 5.74) is 1.20. The van der Waals surface area contributed by atoms with E-state index in [0.717, 1.165) is 31.3 Å². The minimum absolute atomic E-state index is 0.840. The van der Waals surface area contributed by atoms with Gasteiger partial charge in [0.25, 0.3) is 0 Å². The molecule has 0 aliphatic heterocycles. The Labute approximate surface area is 118 Å². The maximum absolute atomic E-state index is 4.48. The summed E-state index contributed by atoms with van der Waals surface area (Å²) in [5.74, 6) is 0. The van der Waals surface area contributed by atoms with Gasteiger partial charge < -0.3 is 10.2 Å². The van der Waals surface area contributed by atoms with E-state index in [-0.39, 0.29) is 0 Å². The molecule has 2 aromatic rings. The molecule has 0 aromatic carbocycles. The molecule has 5 heteroatoms. The molecule has 0 aliphatic carbocycles. The van der Waals surface area contributed by atoms with Crippen molar-refractivity contribution in [1.82, 2.24) is 15.3 Å². The van der Waals surface area contributed by atoms with E-state index >= 15 is 0 Å². The Hall–Kier alpha value is -1.46. The molecule has 0 amide bonds. The fourth-order valence-corrected chi connectivity index (χ4v) is 2.86. The average molecular weight is 276 g/mol. The smallest absolute Gasteiger partial charge is 0.185 e. The first-order valence-corrected chi connectivity index (χ1v) is 7.44. The third kappa shape index (κ3) is 4.01. The fraction of sp³-hybridized carbons (Fsp3) is 0.429. The van der Waals surface area contributed by atoms with Gasteiger partial charge in [-0.05, 0) is 25.5 Å². The number of thiazole rings is 1. The lowest BCUT2D eigenvalue weighted by atomic mass is 10.3. The van der Waals surface area contributed by atoms with E-state index in [1.165, 1.54) is 10.4 Å². The number of nitrogens with zero attached hydrogens (tertiary/aromatic N) is 3. The molecule has 0 saturated heterocycles. The van der Waals surface area contributed by atoms with Crippen LogP contribution in [0.1, 0.15) is 24.3 Å². The minimum Gasteiger partial charge on any atom is -0.349 e. The van der Waals surface area contributed by atoms with Gasteiger partial charge in [0, 0.05) is 49.6 Å². The summed E-state index contributed by atoms with van der Waals surface area (Å²) in [7, 11) is 0. The van der Waals surface area contributed by atoms with Crippen LogP contribution in [0.15, 0.2) is 30.7 Å². The van der Waals surface area contributed by atoms with Crippen LogP contribution < -0.4 is 10.2 Å². The number of rotatable bonds is 7. The van der Waals surface area contributed by atoms with E-state index in [1.807, 2.05) is 18.5 Å². The van der Waals surface area contributed by atoms with Crippen LogP contribution in [0.2, 0.25) is 0 Å². The highest BCUT2D eigenvalue weighted by molar-refractivity contribution is 7.15. The van der Waals surface area contributed by atoms with Crippen LogP contribution in [0, 0.1) is 0 Å². The van der Waals surface area contributed by atoms with E-state index < -0.39 is 0 Å². The molecular weight excluding hydrogens is 256 g/mol. The monoisotopic (exact) mass is 276 g/mol. The Morgan fingerprint density at radius 2 is 2.05 bits per heavy atom. The molecule has 0 radical (unpaired) electrons. The van der Waals surface area contributed by atoms with Gasteiger partial charge in [0.2, 0.25) is 0 Å². The Kier molecular flexibility index (Phi) is 5.30. The fourth-order valence-electron chi connectivity index (χ4n) is 1.85. The topological polar surface area (TPSA) is 41.1 Å². The number of pyridine rings is 1. The summed E-state index contributed by atoms with van der Waals surface area (Å²) in [4.78, 5) is 12.1. The highest BCUT2D eigenvalue weighted by Gasteiger charge is 2.07. The summed E-state index contributed by atoms with van der Waals surface area (Å²) in [6, 6.07) is 4.04. The lowest BCUT2D eigenvalue weighted by Gasteiger charge is -2.16. The van der Waals surface area contributed by atoms with Gasteiger partial charge in [-0.25, -0.2) is 4.98 Å². The Morgan fingerprint density at radius 1 is 1.21 bits per heavy atom. The molecule has 0 spiro atoms. The van der Waals surface area contributed by atoms with Gasteiger partial charge >= 0.3 is 0 Å². The molecule has 2 rings (SSSR count). The number of aromatic nitrogens is 2. The first-order chi connectivity index (χ1) is 9.33. The molecule has 0 atom stereocenters. The van der Waals surface area contributed by atoms with Gasteiger partial charge in [-0.1, -0.05) is 6.07 Å². The number of nitrogens with one attached hydrogen (secondary N) is 1. The standard InChI is InChI=1S/C14H20N4S/c1-3-18(4-2)14-17-11-13(19-14)10-16-9-12-6-5-7-15-8-12/h5-8,11,16H,3-4,9-10H2,1-2H3. The zero-order valence-corrected chi connectivity index (χ0v) is 12.3. The van der Waals surface area contributed by atoms with E-state index in [0.29, 0.717) is 0 Å². The molecule has 4 nitrogen and oxygen atoms in total. The van der Waals surface area contributed by atoms with Gasteiger partial charge in [0.1, 0.15) is 0 Å². The SMILES string of the molecule is CCN(CC)c1ncc(CNCc2cccnc2)s1. The normalized spacial score (nSPS) is 10.6. The minimum atomic E-state index is 0.840. The predicted molar refractivity (Wildman–Crippen MR) is 80.5 cm³/mol. The maximum atomic E-state index is 4.48. The Bertz CT molecular complexity index is 479. The van der Waals surface area contributed by atoms with Gasteiger partial charge in [-0.2, -0.15) is 0 Å². The van der Waals surface area contributed by atoms with Crippen LogP contribution >= 0.6 is 11.3 Å². The van der Waals surface area contributed by atoms with Crippen LogP contribution in [-0.4, -0.2) is 23.1 Å². The molecule has 19 heavy (non-hydrogen) atoms. The lowest BCUT2D eigenvalue weighted by Crippen LogP contribution is -2.21. The summed E-state index contributed by atoms with van der Waals surface area (Å²) < 4.78 is 0. The van der Waals surface area contributed by atoms with Gasteiger partial charge in [-0.15, -0.1) is 11.3 Å². The number of hydrogen-bond acceptors (Lipinski definition) is 5. The molecule has 1 N–H and O–H groups in total. The van der Waals surface area contributed by atoms with Crippen molar-refractivity contribution in [2.75, 3.05) is 18.0 Å². The van der Waals surface area contributed by atoms with Crippen LogP contribution in [0.4, 0.5) is 5.13 Å². The van der Waals surface area contributed by atoms with E-state index in [9.17, 15) is 0 Å². The Morgan fingerprint density at radius 3 is 2.74 bits per heavy atom. The van der Waals surface area contributed by atoms with Crippen molar-refractivity contribution in [2.24, 2.45) is 0 Å². The molecule has 0 aliphatic rings. The molecule has 2 heterocycles. The summed E-state index contributed by atoms with van der Waals surface area (Å²) in [6.07, 6.45) is 5.65. The van der Waals surface area contributed by atoms with E-state index in [4.69, 9.17) is 0 Å². The number of anilines is 1. The van der Waals surface area contributed by atoms with Crippen molar-refractivity contribution in [1.29, 1.82) is 0 Å². The van der Waals surface area contributed by atoms with Crippen LogP contribution in [-0.2, 0) is 13.1 Å². The summed E-state index contributed by atoms with van der Waals surface area (Å²) in [6.45, 7) is 8.02. The van der Waals surface area contributed by atoms with Crippen molar-refractivity contribution < 1.29 is 0 Å². The molecule has 0 saturated carbocycles. The third-order valence-electron chi connectivity index (χ3n) is 2.93. The second-order valence-corrected chi connectivity index (χ2v) is 5.34. The molecule has 0 unspecified atom stereocenters. The molecular formula is C14H20N4S. The zero-order valence-electron chi connectivity index (χ0n) is 11.5.